The lowest BCUT2D eigenvalue weighted by atomic mass is 10.0. The molecule has 0 saturated carbocycles. The normalized spacial score (nSPS) is 14.0. The molecule has 0 amide bonds. The summed E-state index contributed by atoms with van der Waals surface area (Å²) in [7, 11) is 0. The number of rotatable bonds is 47. The zero-order valence-corrected chi connectivity index (χ0v) is 43.2. The average Bonchev–Trinajstić information content (AvgIpc) is 3.32. The molecule has 0 radical (unpaired) electrons. The number of nitrogens with two attached hydrogens (primary N) is 2. The Kier molecular flexibility index (Phi) is 39.8. The van der Waals surface area contributed by atoms with Gasteiger partial charge in [0.05, 0.1) is 12.2 Å². The van der Waals surface area contributed by atoms with Crippen LogP contribution in [0.1, 0.15) is 218 Å². The maximum absolute atomic E-state index is 11.3. The number of aliphatic hydroxyl groups excluding tert-OH is 2. The van der Waals surface area contributed by atoms with E-state index in [1.165, 1.54) is 178 Å². The van der Waals surface area contributed by atoms with Crippen LogP contribution in [-0.4, -0.2) is 83.6 Å². The lowest BCUT2D eigenvalue weighted by Crippen LogP contribution is -2.46. The van der Waals surface area contributed by atoms with Crippen LogP contribution in [-0.2, 0) is 12.8 Å². The minimum Gasteiger partial charge on any atom is -0.390 e. The van der Waals surface area contributed by atoms with Gasteiger partial charge in [-0.1, -0.05) is 214 Å². The molecule has 6 heteroatoms. The number of nitrogens with zero attached hydrogens (tertiary/aromatic N) is 2. The van der Waals surface area contributed by atoms with Crippen molar-refractivity contribution in [2.45, 2.75) is 244 Å². The summed E-state index contributed by atoms with van der Waals surface area (Å²) >= 11 is 0. The molecule has 0 aliphatic heterocycles. The van der Waals surface area contributed by atoms with E-state index in [4.69, 9.17) is 11.5 Å². The van der Waals surface area contributed by atoms with Crippen LogP contribution in [0.3, 0.4) is 0 Å². The van der Waals surface area contributed by atoms with Gasteiger partial charge in [0.2, 0.25) is 0 Å². The van der Waals surface area contributed by atoms with Crippen molar-refractivity contribution in [3.63, 3.8) is 0 Å². The second-order valence-electron chi connectivity index (χ2n) is 20.0. The maximum Gasteiger partial charge on any atom is 0.0820 e. The molecule has 6 nitrogen and oxygen atoms in total. The molecule has 378 valence electrons. The third-order valence-corrected chi connectivity index (χ3v) is 13.7. The highest BCUT2D eigenvalue weighted by Gasteiger charge is 2.21. The Morgan fingerprint density at radius 2 is 0.636 bits per heavy atom. The Bertz CT molecular complexity index is 1250. The topological polar surface area (TPSA) is 99.0 Å². The van der Waals surface area contributed by atoms with Gasteiger partial charge in [0.1, 0.15) is 0 Å². The van der Waals surface area contributed by atoms with Gasteiger partial charge in [-0.3, -0.25) is 0 Å². The van der Waals surface area contributed by atoms with Crippen LogP contribution >= 0.6 is 0 Å². The summed E-state index contributed by atoms with van der Waals surface area (Å²) in [5.41, 5.74) is 15.6. The first-order chi connectivity index (χ1) is 32.4. The molecular formula is C60H106N4O2. The Labute approximate surface area is 408 Å². The molecule has 6 N–H and O–H groups in total. The van der Waals surface area contributed by atoms with E-state index in [-0.39, 0.29) is 12.1 Å². The minimum absolute atomic E-state index is 0.289. The van der Waals surface area contributed by atoms with Gasteiger partial charge in [-0.15, -0.1) is 0 Å². The van der Waals surface area contributed by atoms with E-state index in [1.54, 1.807) is 0 Å². The third kappa shape index (κ3) is 34.9. The lowest BCUT2D eigenvalue weighted by Gasteiger charge is -2.30. The molecule has 4 atom stereocenters. The third-order valence-electron chi connectivity index (χ3n) is 13.7. The van der Waals surface area contributed by atoms with Crippen LogP contribution in [0.5, 0.6) is 0 Å². The highest BCUT2D eigenvalue weighted by Crippen LogP contribution is 2.15. The molecule has 0 aliphatic carbocycles. The molecular weight excluding hydrogens is 809 g/mol. The molecule has 0 bridgehead atoms. The zero-order chi connectivity index (χ0) is 47.4. The Morgan fingerprint density at radius 3 is 0.939 bits per heavy atom. The van der Waals surface area contributed by atoms with Crippen molar-refractivity contribution in [2.75, 3.05) is 39.3 Å². The van der Waals surface area contributed by atoms with Crippen LogP contribution < -0.4 is 11.5 Å². The van der Waals surface area contributed by atoms with Gasteiger partial charge in [0, 0.05) is 25.2 Å². The summed E-state index contributed by atoms with van der Waals surface area (Å²) in [6.45, 7) is 9.72. The number of allylic oxidation sites excluding steroid dienone is 4. The van der Waals surface area contributed by atoms with Gasteiger partial charge in [-0.05, 0) is 127 Å². The Morgan fingerprint density at radius 1 is 0.379 bits per heavy atom. The summed E-state index contributed by atoms with van der Waals surface area (Å²) in [5.74, 6) is 0. The molecule has 2 rings (SSSR count). The maximum atomic E-state index is 11.3. The predicted molar refractivity (Wildman–Crippen MR) is 289 cm³/mol. The van der Waals surface area contributed by atoms with Crippen molar-refractivity contribution in [2.24, 2.45) is 11.5 Å². The van der Waals surface area contributed by atoms with Gasteiger partial charge >= 0.3 is 0 Å². The number of unbranched alkanes of at least 4 members (excludes halogenated alkanes) is 25. The van der Waals surface area contributed by atoms with E-state index < -0.39 is 12.2 Å². The van der Waals surface area contributed by atoms with Crippen molar-refractivity contribution in [1.82, 2.24) is 9.80 Å². The molecule has 4 unspecified atom stereocenters. The zero-order valence-electron chi connectivity index (χ0n) is 43.2. The van der Waals surface area contributed by atoms with Gasteiger partial charge in [0.25, 0.3) is 0 Å². The van der Waals surface area contributed by atoms with Crippen molar-refractivity contribution < 1.29 is 10.2 Å². The molecule has 2 aromatic carbocycles. The van der Waals surface area contributed by atoms with E-state index in [0.717, 1.165) is 51.9 Å². The van der Waals surface area contributed by atoms with Crippen molar-refractivity contribution in [3.05, 3.63) is 96.1 Å². The summed E-state index contributed by atoms with van der Waals surface area (Å²) in [6.07, 6.45) is 48.7. The molecule has 2 aromatic rings. The van der Waals surface area contributed by atoms with E-state index >= 15 is 0 Å². The SMILES string of the molecule is CCCCCCCCC=CCCCCCCCCN(CCCCN(CCCCCCCC/C=C/CCCCCCCC)CC(O)C(N)Cc1ccccc1)CC(O)C(N)Cc1ccccc1. The molecule has 0 spiro atoms. The number of aliphatic hydroxyl groups is 2. The monoisotopic (exact) mass is 915 g/mol. The minimum atomic E-state index is -0.566. The molecule has 0 saturated heterocycles. The first-order valence-corrected chi connectivity index (χ1v) is 28.1. The fourth-order valence-electron chi connectivity index (χ4n) is 9.27. The smallest absolute Gasteiger partial charge is 0.0820 e. The fraction of sp³-hybridized carbons (Fsp3) is 0.733. The van der Waals surface area contributed by atoms with Crippen molar-refractivity contribution in [3.8, 4) is 0 Å². The fourth-order valence-corrected chi connectivity index (χ4v) is 9.27. The Hall–Kier alpha value is -2.32. The molecule has 0 heterocycles. The van der Waals surface area contributed by atoms with Crippen LogP contribution in [0.25, 0.3) is 0 Å². The first kappa shape index (κ1) is 59.8. The van der Waals surface area contributed by atoms with Crippen LogP contribution in [0.2, 0.25) is 0 Å². The Balaban J connectivity index is 1.81. The van der Waals surface area contributed by atoms with Gasteiger partial charge in [-0.25, -0.2) is 0 Å². The largest absolute Gasteiger partial charge is 0.390 e. The summed E-state index contributed by atoms with van der Waals surface area (Å²) < 4.78 is 0. The number of hydrogen-bond donors (Lipinski definition) is 4. The van der Waals surface area contributed by atoms with E-state index in [1.807, 2.05) is 36.4 Å². The van der Waals surface area contributed by atoms with E-state index in [2.05, 4.69) is 72.2 Å². The quantitative estimate of drug-likeness (QED) is 0.0390. The molecule has 66 heavy (non-hydrogen) atoms. The van der Waals surface area contributed by atoms with Gasteiger partial charge in [-0.2, -0.15) is 0 Å². The number of benzene rings is 2. The standard InChI is InChI=1S/C60H106N4O2/c1-3-5-7-9-11-13-15-17-19-21-23-25-27-29-31-39-47-63(53-59(65)57(61)51-55-43-35-33-36-44-55)49-41-42-50-64(54-60(66)58(62)52-56-45-37-34-38-46-56)48-40-32-30-28-26-24-22-20-18-16-14-12-10-8-6-4-2/h17-20,33-38,43-46,57-60,65-66H,3-16,21-32,39-42,47-54,61-62H2,1-2H3/b19-17+,20-18?. The summed E-state index contributed by atoms with van der Waals surface area (Å²) in [6, 6.07) is 20.1. The summed E-state index contributed by atoms with van der Waals surface area (Å²) in [5, 5.41) is 22.7. The van der Waals surface area contributed by atoms with Gasteiger partial charge < -0.3 is 31.5 Å². The molecule has 0 aliphatic rings. The van der Waals surface area contributed by atoms with Crippen LogP contribution in [0.15, 0.2) is 85.0 Å². The van der Waals surface area contributed by atoms with Crippen LogP contribution in [0.4, 0.5) is 0 Å². The highest BCUT2D eigenvalue weighted by molar-refractivity contribution is 5.17. The second kappa shape index (κ2) is 43.9. The van der Waals surface area contributed by atoms with Crippen LogP contribution in [0, 0.1) is 0 Å². The van der Waals surface area contributed by atoms with Gasteiger partial charge in [0.15, 0.2) is 0 Å². The second-order valence-corrected chi connectivity index (χ2v) is 20.0. The molecule has 0 aromatic heterocycles. The lowest BCUT2D eigenvalue weighted by molar-refractivity contribution is 0.0823. The summed E-state index contributed by atoms with van der Waals surface area (Å²) in [4.78, 5) is 4.95. The highest BCUT2D eigenvalue weighted by atomic mass is 16.3. The van der Waals surface area contributed by atoms with E-state index in [0.29, 0.717) is 25.9 Å². The number of hydrogen-bond acceptors (Lipinski definition) is 6. The van der Waals surface area contributed by atoms with Crippen molar-refractivity contribution in [1.29, 1.82) is 0 Å². The predicted octanol–water partition coefficient (Wildman–Crippen LogP) is 14.3. The van der Waals surface area contributed by atoms with E-state index in [9.17, 15) is 10.2 Å². The average molecular weight is 916 g/mol. The first-order valence-electron chi connectivity index (χ1n) is 28.1. The van der Waals surface area contributed by atoms with Crippen molar-refractivity contribution >= 4 is 0 Å². The molecule has 0 fully saturated rings.